The molecule has 0 aromatic heterocycles. The molecule has 0 amide bonds. The number of methoxy groups -OCH3 is 2. The Morgan fingerprint density at radius 1 is 1.07 bits per heavy atom. The van der Waals surface area contributed by atoms with E-state index in [0.29, 0.717) is 11.5 Å². The third-order valence-corrected chi connectivity index (χ3v) is 5.22. The number of Topliss-reactive ketones (excluding diaryl/α,β-unsaturated/α-hetero) is 1. The zero-order valence-electron chi connectivity index (χ0n) is 15.8. The Hall–Kier alpha value is -3.35. The predicted molar refractivity (Wildman–Crippen MR) is 105 cm³/mol. The van der Waals surface area contributed by atoms with E-state index in [-0.39, 0.29) is 22.6 Å². The van der Waals surface area contributed by atoms with Crippen LogP contribution in [0.25, 0.3) is 0 Å². The van der Waals surface area contributed by atoms with Crippen molar-refractivity contribution in [1.82, 2.24) is 4.72 Å². The third kappa shape index (κ3) is 5.57. The minimum Gasteiger partial charge on any atom is -0.497 e. The second-order valence-corrected chi connectivity index (χ2v) is 7.39. The second-order valence-electron chi connectivity index (χ2n) is 5.62. The zero-order valence-corrected chi connectivity index (χ0v) is 16.6. The van der Waals surface area contributed by atoms with Crippen LogP contribution < -0.4 is 14.2 Å². The summed E-state index contributed by atoms with van der Waals surface area (Å²) in [6.07, 6.45) is 5.03. The molecule has 0 fully saturated rings. The summed E-state index contributed by atoms with van der Waals surface area (Å²) in [6.45, 7) is -0.673. The molecule has 152 valence electrons. The van der Waals surface area contributed by atoms with E-state index < -0.39 is 28.4 Å². The Kier molecular flexibility index (Phi) is 7.36. The lowest BCUT2D eigenvalue weighted by Gasteiger charge is -2.10. The fourth-order valence-electron chi connectivity index (χ4n) is 2.31. The molecule has 29 heavy (non-hydrogen) atoms. The van der Waals surface area contributed by atoms with Crippen LogP contribution >= 0.6 is 0 Å². The number of nitrogens with one attached hydrogen (secondary N) is 1. The van der Waals surface area contributed by atoms with Gasteiger partial charge in [-0.15, -0.1) is 6.42 Å². The Balaban J connectivity index is 2.06. The molecular formula is C20H19NO7S. The van der Waals surface area contributed by atoms with Gasteiger partial charge in [0.2, 0.25) is 15.8 Å². The van der Waals surface area contributed by atoms with Gasteiger partial charge in [-0.25, -0.2) is 13.2 Å². The number of hydrogen-bond donors (Lipinski definition) is 1. The molecule has 2 aromatic rings. The summed E-state index contributed by atoms with van der Waals surface area (Å²) in [5.41, 5.74) is 0.298. The lowest BCUT2D eigenvalue weighted by atomic mass is 10.1. The fourth-order valence-corrected chi connectivity index (χ4v) is 3.25. The van der Waals surface area contributed by atoms with Crippen molar-refractivity contribution in [1.29, 1.82) is 0 Å². The topological polar surface area (TPSA) is 108 Å². The van der Waals surface area contributed by atoms with Gasteiger partial charge in [-0.1, -0.05) is 5.92 Å². The van der Waals surface area contributed by atoms with Crippen molar-refractivity contribution in [2.75, 3.05) is 27.4 Å². The van der Waals surface area contributed by atoms with Crippen LogP contribution in [0.2, 0.25) is 0 Å². The van der Waals surface area contributed by atoms with E-state index in [1.807, 2.05) is 0 Å². The Morgan fingerprint density at radius 2 is 1.76 bits per heavy atom. The summed E-state index contributed by atoms with van der Waals surface area (Å²) in [6, 6.07) is 9.73. The van der Waals surface area contributed by atoms with Gasteiger partial charge in [0.1, 0.15) is 11.5 Å². The number of terminal acetylenes is 1. The summed E-state index contributed by atoms with van der Waals surface area (Å²) in [4.78, 5) is 24.5. The van der Waals surface area contributed by atoms with Gasteiger partial charge in [0.25, 0.3) is 0 Å². The molecule has 0 unspecified atom stereocenters. The van der Waals surface area contributed by atoms with Gasteiger partial charge >= 0.3 is 5.97 Å². The quantitative estimate of drug-likeness (QED) is 0.375. The van der Waals surface area contributed by atoms with Crippen LogP contribution in [0.5, 0.6) is 11.5 Å². The molecule has 0 aliphatic heterocycles. The smallest absolute Gasteiger partial charge is 0.338 e. The van der Waals surface area contributed by atoms with Gasteiger partial charge < -0.3 is 14.2 Å². The molecule has 0 aliphatic rings. The number of esters is 1. The molecule has 0 aliphatic carbocycles. The summed E-state index contributed by atoms with van der Waals surface area (Å²) in [5.74, 6) is 1.68. The van der Waals surface area contributed by atoms with Gasteiger partial charge in [-0.05, 0) is 42.5 Å². The molecular weight excluding hydrogens is 398 g/mol. The van der Waals surface area contributed by atoms with Crippen LogP contribution in [0.15, 0.2) is 47.4 Å². The molecule has 0 saturated carbocycles. The summed E-state index contributed by atoms with van der Waals surface area (Å²) >= 11 is 0. The number of ether oxygens (including phenoxy) is 3. The van der Waals surface area contributed by atoms with Crippen molar-refractivity contribution in [2.24, 2.45) is 0 Å². The van der Waals surface area contributed by atoms with Crippen LogP contribution in [0.1, 0.15) is 20.7 Å². The minimum absolute atomic E-state index is 0.0542. The molecule has 0 saturated heterocycles. The highest BCUT2D eigenvalue weighted by molar-refractivity contribution is 7.89. The van der Waals surface area contributed by atoms with Crippen LogP contribution in [-0.4, -0.2) is 47.5 Å². The number of rotatable bonds is 9. The average Bonchev–Trinajstić information content (AvgIpc) is 2.75. The fraction of sp³-hybridized carbons (Fsp3) is 0.200. The largest absolute Gasteiger partial charge is 0.497 e. The molecule has 0 atom stereocenters. The number of ketones is 1. The highest BCUT2D eigenvalue weighted by Gasteiger charge is 2.18. The number of carbonyl (C=O) groups is 2. The highest BCUT2D eigenvalue weighted by Crippen LogP contribution is 2.24. The second kappa shape index (κ2) is 9.73. The highest BCUT2D eigenvalue weighted by atomic mass is 32.2. The molecule has 0 bridgehead atoms. The Labute approximate surface area is 168 Å². The van der Waals surface area contributed by atoms with Crippen molar-refractivity contribution in [3.63, 3.8) is 0 Å². The predicted octanol–water partition coefficient (Wildman–Crippen LogP) is 1.65. The van der Waals surface area contributed by atoms with Crippen LogP contribution in [0.3, 0.4) is 0 Å². The SMILES string of the molecule is C#CCNS(=O)(=O)c1ccc(C(=O)OCC(=O)c2cc(OC)ccc2OC)cc1. The van der Waals surface area contributed by atoms with E-state index >= 15 is 0 Å². The van der Waals surface area contributed by atoms with Crippen LogP contribution in [0.4, 0.5) is 0 Å². The first-order valence-corrected chi connectivity index (χ1v) is 9.76. The molecule has 0 radical (unpaired) electrons. The van der Waals surface area contributed by atoms with E-state index in [2.05, 4.69) is 10.6 Å². The van der Waals surface area contributed by atoms with Crippen molar-refractivity contribution in [3.8, 4) is 23.8 Å². The summed E-state index contributed by atoms with van der Waals surface area (Å²) < 4.78 is 41.4. The lowest BCUT2D eigenvalue weighted by molar-refractivity contribution is 0.0474. The van der Waals surface area contributed by atoms with Gasteiger partial charge in [0.15, 0.2) is 6.61 Å². The number of hydrogen-bond acceptors (Lipinski definition) is 7. The number of carbonyl (C=O) groups excluding carboxylic acids is 2. The monoisotopic (exact) mass is 417 g/mol. The van der Waals surface area contributed by atoms with Crippen molar-refractivity contribution >= 4 is 21.8 Å². The molecule has 1 N–H and O–H groups in total. The van der Waals surface area contributed by atoms with Gasteiger partial charge in [0.05, 0.1) is 36.8 Å². The maximum Gasteiger partial charge on any atom is 0.338 e. The first-order valence-electron chi connectivity index (χ1n) is 8.28. The third-order valence-electron chi connectivity index (χ3n) is 3.81. The van der Waals surface area contributed by atoms with Gasteiger partial charge in [0, 0.05) is 0 Å². The lowest BCUT2D eigenvalue weighted by Crippen LogP contribution is -2.24. The maximum atomic E-state index is 12.4. The van der Waals surface area contributed by atoms with E-state index in [9.17, 15) is 18.0 Å². The molecule has 2 rings (SSSR count). The number of benzene rings is 2. The van der Waals surface area contributed by atoms with Crippen LogP contribution in [-0.2, 0) is 14.8 Å². The van der Waals surface area contributed by atoms with Crippen molar-refractivity contribution in [2.45, 2.75) is 4.90 Å². The standard InChI is InChI=1S/C20H19NO7S/c1-4-11-21-29(24,25)16-8-5-14(6-9-16)20(23)28-13-18(22)17-12-15(26-2)7-10-19(17)27-3/h1,5-10,12,21H,11,13H2,2-3H3. The molecule has 0 spiro atoms. The minimum atomic E-state index is -3.77. The number of sulfonamides is 1. The zero-order chi connectivity index (χ0) is 21.4. The molecule has 8 nitrogen and oxygen atoms in total. The first-order chi connectivity index (χ1) is 13.8. The molecule has 0 heterocycles. The van der Waals surface area contributed by atoms with E-state index in [1.165, 1.54) is 44.6 Å². The van der Waals surface area contributed by atoms with Crippen molar-refractivity contribution < 1.29 is 32.2 Å². The van der Waals surface area contributed by atoms with E-state index in [4.69, 9.17) is 20.6 Å². The maximum absolute atomic E-state index is 12.4. The Morgan fingerprint density at radius 3 is 2.34 bits per heavy atom. The van der Waals surface area contributed by atoms with Gasteiger partial charge in [-0.2, -0.15) is 4.72 Å². The first kappa shape index (κ1) is 21.9. The van der Waals surface area contributed by atoms with E-state index in [0.717, 1.165) is 0 Å². The van der Waals surface area contributed by atoms with Crippen LogP contribution in [0, 0.1) is 12.3 Å². The molecule has 2 aromatic carbocycles. The average molecular weight is 417 g/mol. The van der Waals surface area contributed by atoms with Crippen molar-refractivity contribution in [3.05, 3.63) is 53.6 Å². The van der Waals surface area contributed by atoms with Gasteiger partial charge in [-0.3, -0.25) is 4.79 Å². The Bertz CT molecular complexity index is 1040. The summed E-state index contributed by atoms with van der Waals surface area (Å²) in [7, 11) is -0.890. The normalized spacial score (nSPS) is 10.7. The molecule has 9 heteroatoms. The summed E-state index contributed by atoms with van der Waals surface area (Å²) in [5, 5.41) is 0. The van der Waals surface area contributed by atoms with E-state index in [1.54, 1.807) is 12.1 Å².